The summed E-state index contributed by atoms with van der Waals surface area (Å²) in [5.41, 5.74) is 2.82. The van der Waals surface area contributed by atoms with E-state index in [-0.39, 0.29) is 11.7 Å². The predicted molar refractivity (Wildman–Crippen MR) is 133 cm³/mol. The lowest BCUT2D eigenvalue weighted by molar-refractivity contribution is 0.0631. The number of fused-ring (bicyclic) bond motifs is 1. The molecule has 33 heavy (non-hydrogen) atoms. The van der Waals surface area contributed by atoms with Crippen molar-refractivity contribution in [2.45, 2.75) is 20.3 Å². The van der Waals surface area contributed by atoms with Gasteiger partial charge in [0, 0.05) is 42.7 Å². The Labute approximate surface area is 195 Å². The summed E-state index contributed by atoms with van der Waals surface area (Å²) in [5.74, 6) is 0.626. The lowest BCUT2D eigenvalue weighted by atomic mass is 10.1. The lowest BCUT2D eigenvalue weighted by Crippen LogP contribution is -2.49. The first-order valence-electron chi connectivity index (χ1n) is 11.7. The normalized spacial score (nSPS) is 14.9. The number of rotatable bonds is 7. The van der Waals surface area contributed by atoms with Crippen molar-refractivity contribution in [3.8, 4) is 0 Å². The van der Waals surface area contributed by atoms with Crippen LogP contribution in [0.5, 0.6) is 0 Å². The fourth-order valence-electron chi connectivity index (χ4n) is 4.01. The second-order valence-electron chi connectivity index (χ2n) is 9.02. The van der Waals surface area contributed by atoms with Gasteiger partial charge in [-0.1, -0.05) is 50.2 Å². The average molecular weight is 442 g/mol. The van der Waals surface area contributed by atoms with Gasteiger partial charge in [-0.25, -0.2) is 4.98 Å². The topological polar surface area (TPSA) is 53.5 Å². The largest absolute Gasteiger partial charge is 0.336 e. The van der Waals surface area contributed by atoms with E-state index in [0.717, 1.165) is 49.3 Å². The van der Waals surface area contributed by atoms with E-state index in [2.05, 4.69) is 23.7 Å². The molecule has 2 aromatic carbocycles. The zero-order chi connectivity index (χ0) is 23.2. The SMILES string of the molecule is CC(C)CCN1CCN(C(=O)c2ccc(C(=O)C=Cc3ccc4ccccc4n3)cc2)CC1. The smallest absolute Gasteiger partial charge is 0.253 e. The summed E-state index contributed by atoms with van der Waals surface area (Å²) in [6, 6.07) is 18.7. The van der Waals surface area contributed by atoms with Gasteiger partial charge in [-0.15, -0.1) is 0 Å². The Kier molecular flexibility index (Phi) is 7.30. The molecule has 0 spiro atoms. The van der Waals surface area contributed by atoms with E-state index in [4.69, 9.17) is 0 Å². The minimum atomic E-state index is -0.109. The van der Waals surface area contributed by atoms with Gasteiger partial charge in [-0.2, -0.15) is 0 Å². The van der Waals surface area contributed by atoms with E-state index in [9.17, 15) is 9.59 Å². The van der Waals surface area contributed by atoms with E-state index < -0.39 is 0 Å². The van der Waals surface area contributed by atoms with Gasteiger partial charge >= 0.3 is 0 Å². The summed E-state index contributed by atoms with van der Waals surface area (Å²) >= 11 is 0. The Morgan fingerprint density at radius 1 is 0.909 bits per heavy atom. The Morgan fingerprint density at radius 3 is 2.33 bits per heavy atom. The Morgan fingerprint density at radius 2 is 1.61 bits per heavy atom. The molecule has 4 rings (SSSR count). The minimum Gasteiger partial charge on any atom is -0.336 e. The highest BCUT2D eigenvalue weighted by Crippen LogP contribution is 2.15. The van der Waals surface area contributed by atoms with Crippen LogP contribution in [0.25, 0.3) is 17.0 Å². The molecule has 1 saturated heterocycles. The number of carbonyl (C=O) groups excluding carboxylic acids is 2. The van der Waals surface area contributed by atoms with Crippen LogP contribution in [-0.4, -0.2) is 59.2 Å². The van der Waals surface area contributed by atoms with Crippen LogP contribution >= 0.6 is 0 Å². The van der Waals surface area contributed by atoms with Crippen molar-refractivity contribution >= 4 is 28.7 Å². The second-order valence-corrected chi connectivity index (χ2v) is 9.02. The van der Waals surface area contributed by atoms with Gasteiger partial charge in [0.2, 0.25) is 0 Å². The third-order valence-electron chi connectivity index (χ3n) is 6.12. The summed E-state index contributed by atoms with van der Waals surface area (Å²) in [4.78, 5) is 34.4. The summed E-state index contributed by atoms with van der Waals surface area (Å²) in [6.07, 6.45) is 4.45. The Hall–Kier alpha value is -3.31. The van der Waals surface area contributed by atoms with Gasteiger partial charge in [0.1, 0.15) is 0 Å². The summed E-state index contributed by atoms with van der Waals surface area (Å²) < 4.78 is 0. The molecular formula is C28H31N3O2. The highest BCUT2D eigenvalue weighted by molar-refractivity contribution is 6.07. The van der Waals surface area contributed by atoms with Crippen LogP contribution in [0.2, 0.25) is 0 Å². The molecule has 0 radical (unpaired) electrons. The molecule has 2 heterocycles. The molecule has 170 valence electrons. The standard InChI is InChI=1S/C28H31N3O2/c1-21(2)15-16-30-17-19-31(20-18-30)28(33)24-9-7-23(8-10-24)27(32)14-13-25-12-11-22-5-3-4-6-26(22)29-25/h3-14,21H,15-20H2,1-2H3. The average Bonchev–Trinajstić information content (AvgIpc) is 2.86. The number of para-hydroxylation sites is 1. The molecule has 0 saturated carbocycles. The first-order chi connectivity index (χ1) is 16.0. The van der Waals surface area contributed by atoms with Crippen molar-refractivity contribution in [1.29, 1.82) is 0 Å². The van der Waals surface area contributed by atoms with Crippen molar-refractivity contribution < 1.29 is 9.59 Å². The molecule has 1 aliphatic heterocycles. The molecule has 0 N–H and O–H groups in total. The Balaban J connectivity index is 1.34. The van der Waals surface area contributed by atoms with Gasteiger partial charge in [0.15, 0.2) is 5.78 Å². The highest BCUT2D eigenvalue weighted by atomic mass is 16.2. The molecule has 5 nitrogen and oxygen atoms in total. The zero-order valence-corrected chi connectivity index (χ0v) is 19.4. The van der Waals surface area contributed by atoms with Crippen LogP contribution < -0.4 is 0 Å². The van der Waals surface area contributed by atoms with Crippen molar-refractivity contribution in [3.63, 3.8) is 0 Å². The minimum absolute atomic E-state index is 0.0356. The third kappa shape index (κ3) is 5.93. The van der Waals surface area contributed by atoms with E-state index in [1.165, 1.54) is 12.5 Å². The number of amides is 1. The maximum atomic E-state index is 12.9. The number of hydrogen-bond acceptors (Lipinski definition) is 4. The molecule has 5 heteroatoms. The number of benzene rings is 2. The number of nitrogens with zero attached hydrogens (tertiary/aromatic N) is 3. The predicted octanol–water partition coefficient (Wildman–Crippen LogP) is 4.93. The van der Waals surface area contributed by atoms with E-state index in [1.807, 2.05) is 41.3 Å². The van der Waals surface area contributed by atoms with Crippen molar-refractivity contribution in [2.75, 3.05) is 32.7 Å². The zero-order valence-electron chi connectivity index (χ0n) is 19.4. The molecule has 0 aliphatic carbocycles. The molecule has 0 unspecified atom stereocenters. The number of allylic oxidation sites excluding steroid dienone is 1. The van der Waals surface area contributed by atoms with Crippen molar-refractivity contribution in [1.82, 2.24) is 14.8 Å². The maximum Gasteiger partial charge on any atom is 0.253 e. The van der Waals surface area contributed by atoms with Crippen molar-refractivity contribution in [3.05, 3.63) is 83.6 Å². The number of carbonyl (C=O) groups is 2. The van der Waals surface area contributed by atoms with E-state index >= 15 is 0 Å². The van der Waals surface area contributed by atoms with E-state index in [0.29, 0.717) is 17.0 Å². The summed E-state index contributed by atoms with van der Waals surface area (Å²) in [5, 5.41) is 1.07. The highest BCUT2D eigenvalue weighted by Gasteiger charge is 2.22. The van der Waals surface area contributed by atoms with Gasteiger partial charge in [0.05, 0.1) is 11.2 Å². The van der Waals surface area contributed by atoms with Crippen LogP contribution in [0.4, 0.5) is 0 Å². The van der Waals surface area contributed by atoms with Crippen LogP contribution in [0.3, 0.4) is 0 Å². The first-order valence-corrected chi connectivity index (χ1v) is 11.7. The van der Waals surface area contributed by atoms with E-state index in [1.54, 1.807) is 30.3 Å². The first kappa shape index (κ1) is 22.9. The molecule has 1 aliphatic rings. The molecule has 0 bridgehead atoms. The van der Waals surface area contributed by atoms with Crippen LogP contribution in [0.1, 0.15) is 46.7 Å². The van der Waals surface area contributed by atoms with Crippen LogP contribution in [0.15, 0.2) is 66.7 Å². The van der Waals surface area contributed by atoms with Crippen molar-refractivity contribution in [2.24, 2.45) is 5.92 Å². The van der Waals surface area contributed by atoms with Gasteiger partial charge < -0.3 is 4.90 Å². The quantitative estimate of drug-likeness (QED) is 0.385. The Bertz CT molecular complexity index is 1140. The fraction of sp³-hybridized carbons (Fsp3) is 0.321. The number of aromatic nitrogens is 1. The fourth-order valence-corrected chi connectivity index (χ4v) is 4.01. The number of ketones is 1. The van der Waals surface area contributed by atoms with Gasteiger partial charge in [-0.05, 0) is 55.3 Å². The summed E-state index contributed by atoms with van der Waals surface area (Å²) in [7, 11) is 0. The number of pyridine rings is 1. The number of piperazine rings is 1. The molecule has 1 fully saturated rings. The molecule has 1 aromatic heterocycles. The van der Waals surface area contributed by atoms with Gasteiger partial charge in [0.25, 0.3) is 5.91 Å². The summed E-state index contributed by atoms with van der Waals surface area (Å²) in [6.45, 7) is 8.91. The van der Waals surface area contributed by atoms with Gasteiger partial charge in [-0.3, -0.25) is 14.5 Å². The lowest BCUT2D eigenvalue weighted by Gasteiger charge is -2.35. The second kappa shape index (κ2) is 10.5. The van der Waals surface area contributed by atoms with Crippen LogP contribution in [0, 0.1) is 5.92 Å². The monoisotopic (exact) mass is 441 g/mol. The molecule has 3 aromatic rings. The van der Waals surface area contributed by atoms with Crippen LogP contribution in [-0.2, 0) is 0 Å². The third-order valence-corrected chi connectivity index (χ3v) is 6.12. The maximum absolute atomic E-state index is 12.9. The molecule has 0 atom stereocenters. The molecule has 1 amide bonds. The number of hydrogen-bond donors (Lipinski definition) is 0. The molecular weight excluding hydrogens is 410 g/mol.